The predicted octanol–water partition coefficient (Wildman–Crippen LogP) is 1.61. The molecule has 0 aromatic heterocycles. The Morgan fingerprint density at radius 1 is 1.19 bits per heavy atom. The largest absolute Gasteiger partial charge is 0.376 e. The lowest BCUT2D eigenvalue weighted by molar-refractivity contribution is -0.155. The van der Waals surface area contributed by atoms with E-state index in [1.165, 1.54) is 12.8 Å². The number of hydrogen-bond donors (Lipinski definition) is 1. The van der Waals surface area contributed by atoms with E-state index in [2.05, 4.69) is 5.32 Å². The third kappa shape index (κ3) is 2.80. The zero-order chi connectivity index (χ0) is 14.9. The average Bonchev–Trinajstić information content (AvgIpc) is 3.13. The number of amides is 2. The van der Waals surface area contributed by atoms with E-state index >= 15 is 0 Å². The molecular formula is C16H26N2O3. The van der Waals surface area contributed by atoms with Gasteiger partial charge in [0.25, 0.3) is 0 Å². The van der Waals surface area contributed by atoms with Crippen molar-refractivity contribution in [3.63, 3.8) is 0 Å². The molecule has 5 nitrogen and oxygen atoms in total. The van der Waals surface area contributed by atoms with Crippen molar-refractivity contribution in [1.82, 2.24) is 10.2 Å². The number of carbonyl (C=O) groups excluding carboxylic acids is 2. The summed E-state index contributed by atoms with van der Waals surface area (Å²) < 4.78 is 5.86. The molecule has 21 heavy (non-hydrogen) atoms. The van der Waals surface area contributed by atoms with Crippen molar-refractivity contribution in [3.05, 3.63) is 0 Å². The van der Waals surface area contributed by atoms with Gasteiger partial charge in [0.05, 0.1) is 12.7 Å². The first kappa shape index (κ1) is 14.8. The van der Waals surface area contributed by atoms with E-state index in [0.29, 0.717) is 19.3 Å². The molecule has 2 aliphatic carbocycles. The zero-order valence-electron chi connectivity index (χ0n) is 12.9. The van der Waals surface area contributed by atoms with Gasteiger partial charge in [-0.15, -0.1) is 0 Å². The summed E-state index contributed by atoms with van der Waals surface area (Å²) in [5, 5.41) is 2.98. The monoisotopic (exact) mass is 294 g/mol. The molecule has 1 spiro atoms. The Labute approximate surface area is 126 Å². The van der Waals surface area contributed by atoms with E-state index in [-0.39, 0.29) is 17.9 Å². The first-order chi connectivity index (χ1) is 10.1. The van der Waals surface area contributed by atoms with E-state index in [4.69, 9.17) is 4.74 Å². The van der Waals surface area contributed by atoms with Gasteiger partial charge in [-0.2, -0.15) is 0 Å². The van der Waals surface area contributed by atoms with E-state index in [1.807, 2.05) is 6.92 Å². The first-order valence-corrected chi connectivity index (χ1v) is 8.37. The highest BCUT2D eigenvalue weighted by Gasteiger charge is 2.50. The van der Waals surface area contributed by atoms with Crippen LogP contribution in [0.15, 0.2) is 0 Å². The summed E-state index contributed by atoms with van der Waals surface area (Å²) in [5.74, 6) is 0.0829. The maximum atomic E-state index is 12.8. The van der Waals surface area contributed by atoms with Crippen LogP contribution in [0.2, 0.25) is 0 Å². The van der Waals surface area contributed by atoms with Crippen LogP contribution in [0.25, 0.3) is 0 Å². The molecule has 3 fully saturated rings. The van der Waals surface area contributed by atoms with Gasteiger partial charge in [-0.3, -0.25) is 9.59 Å². The molecular weight excluding hydrogens is 268 g/mol. The van der Waals surface area contributed by atoms with Crippen LogP contribution in [-0.4, -0.2) is 47.6 Å². The van der Waals surface area contributed by atoms with Gasteiger partial charge in [0.15, 0.2) is 0 Å². The standard InChI is InChI=1S/C16H26N2O3/c1-12-14(19)17-16(8-4-5-9-16)15(20)18(12)10-11-21-13-6-2-3-7-13/h12-13H,2-11H2,1H3,(H,17,19). The van der Waals surface area contributed by atoms with Gasteiger partial charge in [0, 0.05) is 6.54 Å². The third-order valence-corrected chi connectivity index (χ3v) is 5.32. The molecule has 1 aliphatic heterocycles. The van der Waals surface area contributed by atoms with Crippen molar-refractivity contribution in [2.24, 2.45) is 0 Å². The highest BCUT2D eigenvalue weighted by molar-refractivity contribution is 5.99. The van der Waals surface area contributed by atoms with Crippen molar-refractivity contribution >= 4 is 11.8 Å². The highest BCUT2D eigenvalue weighted by Crippen LogP contribution is 2.34. The highest BCUT2D eigenvalue weighted by atomic mass is 16.5. The van der Waals surface area contributed by atoms with Crippen molar-refractivity contribution in [2.75, 3.05) is 13.2 Å². The summed E-state index contributed by atoms with van der Waals surface area (Å²) in [6.07, 6.45) is 8.72. The molecule has 3 aliphatic rings. The molecule has 0 radical (unpaired) electrons. The van der Waals surface area contributed by atoms with E-state index < -0.39 is 5.54 Å². The first-order valence-electron chi connectivity index (χ1n) is 8.37. The number of nitrogens with zero attached hydrogens (tertiary/aromatic N) is 1. The molecule has 1 saturated heterocycles. The number of piperazine rings is 1. The minimum Gasteiger partial charge on any atom is -0.376 e. The van der Waals surface area contributed by atoms with Crippen LogP contribution in [0.1, 0.15) is 58.3 Å². The molecule has 5 heteroatoms. The number of rotatable bonds is 4. The normalized spacial score (nSPS) is 29.4. The van der Waals surface area contributed by atoms with Crippen LogP contribution in [0.5, 0.6) is 0 Å². The number of hydrogen-bond acceptors (Lipinski definition) is 3. The van der Waals surface area contributed by atoms with Gasteiger partial charge in [-0.25, -0.2) is 0 Å². The fraction of sp³-hybridized carbons (Fsp3) is 0.875. The van der Waals surface area contributed by atoms with E-state index in [9.17, 15) is 9.59 Å². The van der Waals surface area contributed by atoms with Crippen LogP contribution in [0.3, 0.4) is 0 Å². The molecule has 2 saturated carbocycles. The Kier molecular flexibility index (Phi) is 4.20. The Hall–Kier alpha value is -1.10. The van der Waals surface area contributed by atoms with Crippen molar-refractivity contribution in [2.45, 2.75) is 76.0 Å². The fourth-order valence-electron chi connectivity index (χ4n) is 3.97. The Morgan fingerprint density at radius 3 is 2.52 bits per heavy atom. The van der Waals surface area contributed by atoms with E-state index in [1.54, 1.807) is 4.90 Å². The van der Waals surface area contributed by atoms with Crippen LogP contribution < -0.4 is 5.32 Å². The lowest BCUT2D eigenvalue weighted by Crippen LogP contribution is -2.69. The molecule has 2 amide bonds. The zero-order valence-corrected chi connectivity index (χ0v) is 12.9. The van der Waals surface area contributed by atoms with Gasteiger partial charge in [-0.05, 0) is 32.6 Å². The minimum absolute atomic E-state index is 0.0163. The molecule has 1 N–H and O–H groups in total. The maximum absolute atomic E-state index is 12.8. The Balaban J connectivity index is 1.61. The second-order valence-electron chi connectivity index (χ2n) is 6.73. The van der Waals surface area contributed by atoms with Gasteiger partial charge >= 0.3 is 0 Å². The third-order valence-electron chi connectivity index (χ3n) is 5.32. The molecule has 3 rings (SSSR count). The van der Waals surface area contributed by atoms with E-state index in [0.717, 1.165) is 38.5 Å². The van der Waals surface area contributed by atoms with Crippen molar-refractivity contribution in [1.29, 1.82) is 0 Å². The average molecular weight is 294 g/mol. The topological polar surface area (TPSA) is 58.6 Å². The summed E-state index contributed by atoms with van der Waals surface area (Å²) in [6.45, 7) is 2.89. The summed E-state index contributed by atoms with van der Waals surface area (Å²) >= 11 is 0. The lowest BCUT2D eigenvalue weighted by atomic mass is 9.91. The van der Waals surface area contributed by atoms with Crippen LogP contribution in [-0.2, 0) is 14.3 Å². The number of nitrogens with one attached hydrogen (secondary N) is 1. The van der Waals surface area contributed by atoms with Crippen LogP contribution >= 0.6 is 0 Å². The molecule has 1 heterocycles. The predicted molar refractivity (Wildman–Crippen MR) is 78.7 cm³/mol. The minimum atomic E-state index is -0.614. The molecule has 0 aromatic carbocycles. The SMILES string of the molecule is CC1C(=O)NC2(CCCC2)C(=O)N1CCOC1CCCC1. The van der Waals surface area contributed by atoms with Crippen LogP contribution in [0, 0.1) is 0 Å². The number of carbonyl (C=O) groups is 2. The summed E-state index contributed by atoms with van der Waals surface area (Å²) in [4.78, 5) is 26.7. The fourth-order valence-corrected chi connectivity index (χ4v) is 3.97. The van der Waals surface area contributed by atoms with Gasteiger partial charge < -0.3 is 15.0 Å². The second-order valence-corrected chi connectivity index (χ2v) is 6.73. The summed E-state index contributed by atoms with van der Waals surface area (Å²) in [6, 6.07) is -0.379. The Bertz CT molecular complexity index is 412. The summed E-state index contributed by atoms with van der Waals surface area (Å²) in [5.41, 5.74) is -0.614. The molecule has 118 valence electrons. The maximum Gasteiger partial charge on any atom is 0.249 e. The van der Waals surface area contributed by atoms with Gasteiger partial charge in [0.2, 0.25) is 11.8 Å². The van der Waals surface area contributed by atoms with Crippen molar-refractivity contribution in [3.8, 4) is 0 Å². The second kappa shape index (κ2) is 5.95. The number of ether oxygens (including phenoxy) is 1. The Morgan fingerprint density at radius 2 is 1.86 bits per heavy atom. The van der Waals surface area contributed by atoms with Gasteiger partial charge in [0.1, 0.15) is 11.6 Å². The smallest absolute Gasteiger partial charge is 0.249 e. The molecule has 0 aromatic rings. The summed E-state index contributed by atoms with van der Waals surface area (Å²) in [7, 11) is 0. The van der Waals surface area contributed by atoms with Crippen molar-refractivity contribution < 1.29 is 14.3 Å². The molecule has 1 atom stereocenters. The molecule has 1 unspecified atom stereocenters. The quantitative estimate of drug-likeness (QED) is 0.857. The van der Waals surface area contributed by atoms with Gasteiger partial charge in [-0.1, -0.05) is 25.7 Å². The molecule has 0 bridgehead atoms. The lowest BCUT2D eigenvalue weighted by Gasteiger charge is -2.43. The van der Waals surface area contributed by atoms with Crippen LogP contribution in [0.4, 0.5) is 0 Å².